The molecular formula is C26H35ClN2O2S. The Kier molecular flexibility index (Phi) is 8.78. The van der Waals surface area contributed by atoms with Gasteiger partial charge in [-0.25, -0.2) is 0 Å². The van der Waals surface area contributed by atoms with Gasteiger partial charge >= 0.3 is 0 Å². The molecule has 4 nitrogen and oxygen atoms in total. The van der Waals surface area contributed by atoms with Gasteiger partial charge in [0.2, 0.25) is 11.8 Å². The zero-order valence-electron chi connectivity index (χ0n) is 19.5. The number of amides is 2. The van der Waals surface area contributed by atoms with E-state index in [9.17, 15) is 9.59 Å². The van der Waals surface area contributed by atoms with Crippen LogP contribution in [0, 0.1) is 12.3 Å². The summed E-state index contributed by atoms with van der Waals surface area (Å²) < 4.78 is 0. The van der Waals surface area contributed by atoms with Crippen molar-refractivity contribution in [2.75, 3.05) is 12.4 Å². The molecule has 1 aromatic heterocycles. The van der Waals surface area contributed by atoms with E-state index in [2.05, 4.69) is 19.1 Å². The van der Waals surface area contributed by atoms with E-state index < -0.39 is 5.41 Å². The molecule has 0 bridgehead atoms. The van der Waals surface area contributed by atoms with Crippen molar-refractivity contribution >= 4 is 34.8 Å². The van der Waals surface area contributed by atoms with E-state index in [1.54, 1.807) is 11.3 Å². The van der Waals surface area contributed by atoms with E-state index in [-0.39, 0.29) is 30.3 Å². The number of rotatable bonds is 9. The largest absolute Gasteiger partial charge is 0.332 e. The van der Waals surface area contributed by atoms with Crippen LogP contribution in [0.2, 0.25) is 0 Å². The second kappa shape index (κ2) is 11.3. The van der Waals surface area contributed by atoms with Crippen molar-refractivity contribution in [1.82, 2.24) is 9.80 Å². The van der Waals surface area contributed by atoms with Crippen molar-refractivity contribution in [2.45, 2.75) is 72.0 Å². The fourth-order valence-corrected chi connectivity index (χ4v) is 5.27. The zero-order chi connectivity index (χ0) is 23.1. The molecular weight excluding hydrogens is 440 g/mol. The first-order valence-electron chi connectivity index (χ1n) is 11.5. The SMILES string of the molecule is Cc1ccc(CN(Cc2ccccc2)C(=O)CN(C(=O)C(C)(C)CCl)C2CCCCC2)s1. The molecule has 2 amide bonds. The highest BCUT2D eigenvalue weighted by Gasteiger charge is 2.37. The summed E-state index contributed by atoms with van der Waals surface area (Å²) in [5, 5.41) is 0. The maximum Gasteiger partial charge on any atom is 0.242 e. The monoisotopic (exact) mass is 474 g/mol. The average Bonchev–Trinajstić information content (AvgIpc) is 3.22. The lowest BCUT2D eigenvalue weighted by Crippen LogP contribution is -2.52. The summed E-state index contributed by atoms with van der Waals surface area (Å²) in [6.45, 7) is 7.02. The van der Waals surface area contributed by atoms with Gasteiger partial charge in [0.15, 0.2) is 0 Å². The van der Waals surface area contributed by atoms with Crippen LogP contribution in [-0.2, 0) is 22.7 Å². The highest BCUT2D eigenvalue weighted by Crippen LogP contribution is 2.29. The van der Waals surface area contributed by atoms with Crippen molar-refractivity contribution in [3.05, 3.63) is 57.8 Å². The number of thiophene rings is 1. The third-order valence-electron chi connectivity index (χ3n) is 6.21. The molecule has 3 rings (SSSR count). The average molecular weight is 475 g/mol. The lowest BCUT2D eigenvalue weighted by atomic mass is 9.89. The van der Waals surface area contributed by atoms with E-state index in [1.165, 1.54) is 11.3 Å². The number of halogens is 1. The summed E-state index contributed by atoms with van der Waals surface area (Å²) >= 11 is 7.86. The molecule has 0 atom stereocenters. The first-order valence-corrected chi connectivity index (χ1v) is 12.9. The Balaban J connectivity index is 1.83. The van der Waals surface area contributed by atoms with Gasteiger partial charge in [-0.15, -0.1) is 22.9 Å². The summed E-state index contributed by atoms with van der Waals surface area (Å²) in [7, 11) is 0. The van der Waals surface area contributed by atoms with Crippen LogP contribution in [0.15, 0.2) is 42.5 Å². The van der Waals surface area contributed by atoms with E-state index in [0.717, 1.165) is 36.1 Å². The Morgan fingerprint density at radius 3 is 2.31 bits per heavy atom. The lowest BCUT2D eigenvalue weighted by molar-refractivity contribution is -0.149. The minimum atomic E-state index is -0.686. The van der Waals surface area contributed by atoms with Gasteiger partial charge in [-0.3, -0.25) is 9.59 Å². The topological polar surface area (TPSA) is 40.6 Å². The summed E-state index contributed by atoms with van der Waals surface area (Å²) in [4.78, 5) is 33.2. The Hall–Kier alpha value is -1.85. The zero-order valence-corrected chi connectivity index (χ0v) is 21.1. The molecule has 0 aliphatic heterocycles. The van der Waals surface area contributed by atoms with Gasteiger partial charge in [-0.05, 0) is 51.3 Å². The van der Waals surface area contributed by atoms with Crippen LogP contribution in [0.5, 0.6) is 0 Å². The number of carbonyl (C=O) groups excluding carboxylic acids is 2. The standard InChI is InChI=1S/C26H35ClN2O2S/c1-20-14-15-23(32-20)17-28(16-21-10-6-4-7-11-21)24(30)18-29(22-12-8-5-9-13-22)25(31)26(2,3)19-27/h4,6-7,10-11,14-15,22H,5,8-9,12-13,16-19H2,1-3H3. The Labute approximate surface area is 201 Å². The number of benzene rings is 1. The molecule has 2 aromatic rings. The summed E-state index contributed by atoms with van der Waals surface area (Å²) in [5.41, 5.74) is 0.403. The minimum absolute atomic E-state index is 0.01000. The summed E-state index contributed by atoms with van der Waals surface area (Å²) in [6.07, 6.45) is 5.32. The van der Waals surface area contributed by atoms with Crippen LogP contribution in [-0.4, -0.2) is 40.1 Å². The van der Waals surface area contributed by atoms with E-state index in [0.29, 0.717) is 13.1 Å². The number of nitrogens with zero attached hydrogens (tertiary/aromatic N) is 2. The molecule has 6 heteroatoms. The molecule has 32 heavy (non-hydrogen) atoms. The van der Waals surface area contributed by atoms with Crippen molar-refractivity contribution in [2.24, 2.45) is 5.41 Å². The van der Waals surface area contributed by atoms with Gasteiger partial charge in [-0.1, -0.05) is 49.6 Å². The number of hydrogen-bond acceptors (Lipinski definition) is 3. The van der Waals surface area contributed by atoms with Crippen LogP contribution >= 0.6 is 22.9 Å². The normalized spacial score (nSPS) is 14.9. The van der Waals surface area contributed by atoms with Crippen LogP contribution in [0.4, 0.5) is 0 Å². The van der Waals surface area contributed by atoms with Crippen molar-refractivity contribution in [3.63, 3.8) is 0 Å². The first kappa shape index (κ1) is 24.8. The van der Waals surface area contributed by atoms with Crippen molar-refractivity contribution in [1.29, 1.82) is 0 Å². The summed E-state index contributed by atoms with van der Waals surface area (Å²) in [6, 6.07) is 14.3. The Bertz CT molecular complexity index is 890. The lowest BCUT2D eigenvalue weighted by Gasteiger charge is -2.39. The molecule has 1 aliphatic carbocycles. The molecule has 0 N–H and O–H groups in total. The second-order valence-electron chi connectivity index (χ2n) is 9.49. The van der Waals surface area contributed by atoms with Crippen molar-refractivity contribution < 1.29 is 9.59 Å². The minimum Gasteiger partial charge on any atom is -0.332 e. The maximum atomic E-state index is 13.6. The van der Waals surface area contributed by atoms with Gasteiger partial charge in [-0.2, -0.15) is 0 Å². The maximum absolute atomic E-state index is 13.6. The predicted octanol–water partition coefficient (Wildman–Crippen LogP) is 6.01. The molecule has 1 fully saturated rings. The molecule has 0 unspecified atom stereocenters. The fraction of sp³-hybridized carbons (Fsp3) is 0.538. The molecule has 1 saturated carbocycles. The predicted molar refractivity (Wildman–Crippen MR) is 133 cm³/mol. The number of hydrogen-bond donors (Lipinski definition) is 0. The number of aryl methyl sites for hydroxylation is 1. The van der Waals surface area contributed by atoms with E-state index in [1.807, 2.05) is 54.0 Å². The van der Waals surface area contributed by atoms with E-state index in [4.69, 9.17) is 11.6 Å². The summed E-state index contributed by atoms with van der Waals surface area (Å²) in [5.74, 6) is 0.217. The third-order valence-corrected chi connectivity index (χ3v) is 7.86. The number of alkyl halides is 1. The fourth-order valence-electron chi connectivity index (χ4n) is 4.25. The second-order valence-corrected chi connectivity index (χ2v) is 11.1. The smallest absolute Gasteiger partial charge is 0.242 e. The quantitative estimate of drug-likeness (QED) is 0.417. The Morgan fingerprint density at radius 1 is 1.03 bits per heavy atom. The van der Waals surface area contributed by atoms with E-state index >= 15 is 0 Å². The molecule has 0 spiro atoms. The third kappa shape index (κ3) is 6.58. The molecule has 0 saturated heterocycles. The van der Waals surface area contributed by atoms with Gasteiger partial charge in [0, 0.05) is 28.2 Å². The van der Waals surface area contributed by atoms with Crippen LogP contribution in [0.3, 0.4) is 0 Å². The molecule has 1 heterocycles. The molecule has 0 radical (unpaired) electrons. The van der Waals surface area contributed by atoms with Gasteiger partial charge in [0.1, 0.15) is 6.54 Å². The Morgan fingerprint density at radius 2 is 1.72 bits per heavy atom. The van der Waals surface area contributed by atoms with Crippen LogP contribution in [0.25, 0.3) is 0 Å². The molecule has 1 aliphatic rings. The van der Waals surface area contributed by atoms with Crippen LogP contribution < -0.4 is 0 Å². The molecule has 174 valence electrons. The molecule has 1 aromatic carbocycles. The van der Waals surface area contributed by atoms with Crippen molar-refractivity contribution in [3.8, 4) is 0 Å². The number of carbonyl (C=O) groups is 2. The highest BCUT2D eigenvalue weighted by atomic mass is 35.5. The first-order chi connectivity index (χ1) is 15.3. The highest BCUT2D eigenvalue weighted by molar-refractivity contribution is 7.11. The van der Waals surface area contributed by atoms with Gasteiger partial charge < -0.3 is 9.80 Å². The van der Waals surface area contributed by atoms with Gasteiger partial charge in [0.05, 0.1) is 12.0 Å². The van der Waals surface area contributed by atoms with Gasteiger partial charge in [0.25, 0.3) is 0 Å². The van der Waals surface area contributed by atoms with Crippen LogP contribution in [0.1, 0.15) is 61.3 Å².